The number of carbonyl (C=O) groups is 1. The molecule has 1 N–H and O–H groups in total. The van der Waals surface area contributed by atoms with E-state index in [9.17, 15) is 13.2 Å². The number of likely N-dealkylation sites (tertiary alicyclic amines) is 1. The molecule has 5 nitrogen and oxygen atoms in total. The van der Waals surface area contributed by atoms with Gasteiger partial charge in [-0.2, -0.15) is 0 Å². The predicted molar refractivity (Wildman–Crippen MR) is 72.2 cm³/mol. The Bertz CT molecular complexity index is 375. The zero-order valence-corrected chi connectivity index (χ0v) is 12.3. The third-order valence-corrected chi connectivity index (χ3v) is 5.15. The van der Waals surface area contributed by atoms with Crippen LogP contribution in [0.2, 0.25) is 0 Å². The van der Waals surface area contributed by atoms with Crippen molar-refractivity contribution in [3.63, 3.8) is 0 Å². The molecule has 2 unspecified atom stereocenters. The summed E-state index contributed by atoms with van der Waals surface area (Å²) >= 11 is 0. The topological polar surface area (TPSA) is 66.5 Å². The predicted octanol–water partition coefficient (Wildman–Crippen LogP) is 0.410. The van der Waals surface area contributed by atoms with Crippen molar-refractivity contribution in [2.75, 3.05) is 24.6 Å². The van der Waals surface area contributed by atoms with Crippen LogP contribution in [-0.2, 0) is 14.6 Å². The highest BCUT2D eigenvalue weighted by atomic mass is 32.2. The zero-order chi connectivity index (χ0) is 13.8. The standard InChI is InChI=1S/C12H24N2O3S/c1-4-18(16,17)9-10(2)13-11(3)12(15)14-7-5-6-8-14/h10-11,13H,4-9H2,1-3H3. The first-order chi connectivity index (χ1) is 8.35. The Morgan fingerprint density at radius 1 is 1.28 bits per heavy atom. The van der Waals surface area contributed by atoms with Crippen LogP contribution in [0.1, 0.15) is 33.6 Å². The molecule has 1 aliphatic heterocycles. The highest BCUT2D eigenvalue weighted by molar-refractivity contribution is 7.91. The summed E-state index contributed by atoms with van der Waals surface area (Å²) in [7, 11) is -3.00. The van der Waals surface area contributed by atoms with Gasteiger partial charge in [-0.25, -0.2) is 8.42 Å². The fourth-order valence-electron chi connectivity index (χ4n) is 2.26. The lowest BCUT2D eigenvalue weighted by atomic mass is 10.2. The van der Waals surface area contributed by atoms with Gasteiger partial charge >= 0.3 is 0 Å². The van der Waals surface area contributed by atoms with E-state index in [1.165, 1.54) is 0 Å². The molecule has 0 aromatic carbocycles. The van der Waals surface area contributed by atoms with E-state index in [-0.39, 0.29) is 29.5 Å². The highest BCUT2D eigenvalue weighted by Crippen LogP contribution is 2.09. The first kappa shape index (κ1) is 15.4. The molecule has 0 aromatic rings. The molecule has 1 saturated heterocycles. The van der Waals surface area contributed by atoms with E-state index in [0.717, 1.165) is 25.9 Å². The molecule has 0 saturated carbocycles. The van der Waals surface area contributed by atoms with Crippen LogP contribution in [0.3, 0.4) is 0 Å². The number of hydrogen-bond acceptors (Lipinski definition) is 4. The van der Waals surface area contributed by atoms with Gasteiger partial charge in [0.2, 0.25) is 5.91 Å². The van der Waals surface area contributed by atoms with Crippen LogP contribution in [0.15, 0.2) is 0 Å². The molecule has 0 radical (unpaired) electrons. The number of carbonyl (C=O) groups excluding carboxylic acids is 1. The summed E-state index contributed by atoms with van der Waals surface area (Å²) in [6.45, 7) is 6.90. The van der Waals surface area contributed by atoms with Crippen LogP contribution in [0.25, 0.3) is 0 Å². The minimum Gasteiger partial charge on any atom is -0.341 e. The summed E-state index contributed by atoms with van der Waals surface area (Å²) in [6, 6.07) is -0.512. The molecule has 0 aliphatic carbocycles. The van der Waals surface area contributed by atoms with Crippen LogP contribution >= 0.6 is 0 Å². The molecule has 1 heterocycles. The van der Waals surface area contributed by atoms with Gasteiger partial charge in [0.15, 0.2) is 9.84 Å². The van der Waals surface area contributed by atoms with Gasteiger partial charge in [0, 0.05) is 24.9 Å². The smallest absolute Gasteiger partial charge is 0.239 e. The van der Waals surface area contributed by atoms with Crippen molar-refractivity contribution < 1.29 is 13.2 Å². The lowest BCUT2D eigenvalue weighted by molar-refractivity contribution is -0.132. The number of amides is 1. The van der Waals surface area contributed by atoms with E-state index < -0.39 is 9.84 Å². The lowest BCUT2D eigenvalue weighted by Crippen LogP contribution is -2.48. The van der Waals surface area contributed by atoms with E-state index in [4.69, 9.17) is 0 Å². The molecule has 6 heteroatoms. The average molecular weight is 276 g/mol. The fourth-order valence-corrected chi connectivity index (χ4v) is 3.35. The van der Waals surface area contributed by atoms with E-state index in [1.54, 1.807) is 20.8 Å². The first-order valence-corrected chi connectivity index (χ1v) is 8.43. The van der Waals surface area contributed by atoms with Crippen LogP contribution in [-0.4, -0.2) is 55.9 Å². The Kier molecular flexibility index (Phi) is 5.59. The van der Waals surface area contributed by atoms with E-state index in [1.807, 2.05) is 4.90 Å². The number of nitrogens with zero attached hydrogens (tertiary/aromatic N) is 1. The van der Waals surface area contributed by atoms with Gasteiger partial charge in [0.25, 0.3) is 0 Å². The number of rotatable bonds is 6. The number of sulfone groups is 1. The molecule has 1 fully saturated rings. The highest BCUT2D eigenvalue weighted by Gasteiger charge is 2.25. The molecule has 0 bridgehead atoms. The van der Waals surface area contributed by atoms with Gasteiger partial charge in [0.1, 0.15) is 0 Å². The Hall–Kier alpha value is -0.620. The summed E-state index contributed by atoms with van der Waals surface area (Å²) in [5.74, 6) is 0.308. The van der Waals surface area contributed by atoms with Gasteiger partial charge in [0.05, 0.1) is 11.8 Å². The Morgan fingerprint density at radius 3 is 2.33 bits per heavy atom. The molecule has 2 atom stereocenters. The van der Waals surface area contributed by atoms with Crippen LogP contribution in [0.5, 0.6) is 0 Å². The second kappa shape index (κ2) is 6.52. The van der Waals surface area contributed by atoms with Crippen molar-refractivity contribution >= 4 is 15.7 Å². The Labute approximate surface area is 110 Å². The normalized spacial score (nSPS) is 19.8. The van der Waals surface area contributed by atoms with Crippen LogP contribution in [0.4, 0.5) is 0 Å². The van der Waals surface area contributed by atoms with Crippen molar-refractivity contribution in [3.8, 4) is 0 Å². The summed E-state index contributed by atoms with van der Waals surface area (Å²) in [4.78, 5) is 13.9. The van der Waals surface area contributed by atoms with Gasteiger partial charge in [-0.1, -0.05) is 6.92 Å². The SMILES string of the molecule is CCS(=O)(=O)CC(C)NC(C)C(=O)N1CCCC1. The molecule has 1 amide bonds. The molecule has 18 heavy (non-hydrogen) atoms. The van der Waals surface area contributed by atoms with Gasteiger partial charge in [-0.15, -0.1) is 0 Å². The molecular formula is C12H24N2O3S. The van der Waals surface area contributed by atoms with Crippen molar-refractivity contribution in [1.82, 2.24) is 10.2 Å². The average Bonchev–Trinajstić information content (AvgIpc) is 2.80. The molecule has 1 aliphatic rings. The first-order valence-electron chi connectivity index (χ1n) is 6.61. The molecule has 106 valence electrons. The van der Waals surface area contributed by atoms with Gasteiger partial charge < -0.3 is 10.2 Å². The minimum atomic E-state index is -3.00. The van der Waals surface area contributed by atoms with Crippen molar-refractivity contribution in [2.24, 2.45) is 0 Å². The minimum absolute atomic E-state index is 0.0771. The van der Waals surface area contributed by atoms with Crippen molar-refractivity contribution in [3.05, 3.63) is 0 Å². The Morgan fingerprint density at radius 2 is 1.83 bits per heavy atom. The van der Waals surface area contributed by atoms with Gasteiger partial charge in [-0.3, -0.25) is 4.79 Å². The van der Waals surface area contributed by atoms with Gasteiger partial charge in [-0.05, 0) is 26.7 Å². The number of hydrogen-bond donors (Lipinski definition) is 1. The quantitative estimate of drug-likeness (QED) is 0.763. The van der Waals surface area contributed by atoms with E-state index >= 15 is 0 Å². The number of nitrogens with one attached hydrogen (secondary N) is 1. The molecule has 0 spiro atoms. The maximum atomic E-state index is 12.0. The second-order valence-corrected chi connectivity index (χ2v) is 7.42. The van der Waals surface area contributed by atoms with E-state index in [0.29, 0.717) is 0 Å². The van der Waals surface area contributed by atoms with Crippen LogP contribution in [0, 0.1) is 0 Å². The van der Waals surface area contributed by atoms with E-state index in [2.05, 4.69) is 5.32 Å². The molecule has 1 rings (SSSR count). The molecule has 0 aromatic heterocycles. The summed E-state index contributed by atoms with van der Waals surface area (Å²) in [5.41, 5.74) is 0. The fraction of sp³-hybridized carbons (Fsp3) is 0.917. The third-order valence-electron chi connectivity index (χ3n) is 3.27. The van der Waals surface area contributed by atoms with Crippen molar-refractivity contribution in [1.29, 1.82) is 0 Å². The van der Waals surface area contributed by atoms with Crippen molar-refractivity contribution in [2.45, 2.75) is 45.7 Å². The summed E-state index contributed by atoms with van der Waals surface area (Å²) < 4.78 is 23.0. The summed E-state index contributed by atoms with van der Waals surface area (Å²) in [5, 5.41) is 3.08. The zero-order valence-electron chi connectivity index (χ0n) is 11.5. The second-order valence-electron chi connectivity index (χ2n) is 5.02. The summed E-state index contributed by atoms with van der Waals surface area (Å²) in [6.07, 6.45) is 2.14. The third kappa shape index (κ3) is 4.57. The largest absolute Gasteiger partial charge is 0.341 e. The molecular weight excluding hydrogens is 252 g/mol. The van der Waals surface area contributed by atoms with Crippen LogP contribution < -0.4 is 5.32 Å². The monoisotopic (exact) mass is 276 g/mol. The maximum absolute atomic E-state index is 12.0. The Balaban J connectivity index is 2.43. The maximum Gasteiger partial charge on any atom is 0.239 e. The lowest BCUT2D eigenvalue weighted by Gasteiger charge is -2.24.